The van der Waals surface area contributed by atoms with E-state index in [2.05, 4.69) is 25.0 Å². The molecule has 42 heavy (non-hydrogen) atoms. The van der Waals surface area contributed by atoms with Crippen LogP contribution in [0.4, 0.5) is 10.6 Å². The lowest BCUT2D eigenvalue weighted by molar-refractivity contribution is 0.0635. The Morgan fingerprint density at radius 2 is 1.71 bits per heavy atom. The molecule has 9 nitrogen and oxygen atoms in total. The first-order chi connectivity index (χ1) is 19.4. The summed E-state index contributed by atoms with van der Waals surface area (Å²) in [7, 11) is -1.50. The molecule has 0 spiro atoms. The number of nitrogens with one attached hydrogen (secondary N) is 2. The van der Waals surface area contributed by atoms with Crippen molar-refractivity contribution in [3.05, 3.63) is 69.9 Å². The molecule has 4 rings (SSSR count). The fraction of sp³-hybridized carbons (Fsp3) is 0.400. The number of carbonyl (C=O) groups is 1. The van der Waals surface area contributed by atoms with Gasteiger partial charge in [0.2, 0.25) is 0 Å². The van der Waals surface area contributed by atoms with Crippen LogP contribution >= 0.6 is 22.9 Å². The van der Waals surface area contributed by atoms with Gasteiger partial charge in [0.25, 0.3) is 0 Å². The third-order valence-electron chi connectivity index (χ3n) is 6.01. The molecular formula is C30H36ClN5O4S2. The molecule has 0 bridgehead atoms. The largest absolute Gasteiger partial charge is 0.444 e. The Bertz CT molecular complexity index is 1640. The molecule has 0 aliphatic heterocycles. The molecule has 0 aromatic carbocycles. The van der Waals surface area contributed by atoms with Gasteiger partial charge in [-0.15, -0.1) is 11.3 Å². The standard InChI is InChI=1S/C30H36ClN5O4S2/c1-28(2,3)40-27(37)35-23-10-9-19(31)24(34-23)25(36-42(39)29(4,5)6)22-16-21-26(41-22)18(12-14-33-21)20-15-17(11-13-32-20)30(7,8)38/h9-16,25,36,38H,1-8H3,(H,34,35,37)/t25?,42-/m0/s1. The Balaban J connectivity index is 1.82. The summed E-state index contributed by atoms with van der Waals surface area (Å²) in [5, 5.41) is 13.5. The molecule has 4 aromatic rings. The van der Waals surface area contributed by atoms with Crippen molar-refractivity contribution in [1.82, 2.24) is 19.7 Å². The molecule has 0 aliphatic carbocycles. The van der Waals surface area contributed by atoms with Gasteiger partial charge in [-0.25, -0.2) is 18.7 Å². The Morgan fingerprint density at radius 3 is 2.36 bits per heavy atom. The second-order valence-corrected chi connectivity index (χ2v) is 15.8. The summed E-state index contributed by atoms with van der Waals surface area (Å²) in [5.41, 5.74) is 1.66. The number of halogens is 1. The van der Waals surface area contributed by atoms with E-state index < -0.39 is 39.1 Å². The fourth-order valence-corrected chi connectivity index (χ4v) is 6.22. The van der Waals surface area contributed by atoms with Gasteiger partial charge < -0.3 is 9.84 Å². The van der Waals surface area contributed by atoms with Crippen LogP contribution in [-0.2, 0) is 21.3 Å². The lowest BCUT2D eigenvalue weighted by atomic mass is 9.97. The van der Waals surface area contributed by atoms with E-state index in [9.17, 15) is 14.1 Å². The first kappa shape index (κ1) is 32.0. The zero-order chi connectivity index (χ0) is 31.0. The van der Waals surface area contributed by atoms with Crippen molar-refractivity contribution in [2.45, 2.75) is 77.4 Å². The topological polar surface area (TPSA) is 126 Å². The molecule has 0 radical (unpaired) electrons. The van der Waals surface area contributed by atoms with Crippen molar-refractivity contribution in [3.8, 4) is 11.3 Å². The van der Waals surface area contributed by atoms with Crippen molar-refractivity contribution in [2.75, 3.05) is 5.32 Å². The first-order valence-corrected chi connectivity index (χ1v) is 15.7. The van der Waals surface area contributed by atoms with E-state index in [0.29, 0.717) is 16.4 Å². The zero-order valence-electron chi connectivity index (χ0n) is 24.9. The quantitative estimate of drug-likeness (QED) is 0.199. The lowest BCUT2D eigenvalue weighted by Gasteiger charge is -2.24. The number of aromatic nitrogens is 3. The van der Waals surface area contributed by atoms with Crippen molar-refractivity contribution in [3.63, 3.8) is 0 Å². The SMILES string of the molecule is CC(C)(C)OC(=O)Nc1ccc(Cl)c(C(N[S@@](=O)C(C)(C)C)c2cc3nccc(-c4cc(C(C)(C)O)ccn4)c3s2)n1. The summed E-state index contributed by atoms with van der Waals surface area (Å²) in [5.74, 6) is 0.240. The van der Waals surface area contributed by atoms with E-state index in [-0.39, 0.29) is 5.82 Å². The maximum Gasteiger partial charge on any atom is 0.413 e. The Labute approximate surface area is 257 Å². The van der Waals surface area contributed by atoms with E-state index >= 15 is 0 Å². The predicted octanol–water partition coefficient (Wildman–Crippen LogP) is 7.12. The van der Waals surface area contributed by atoms with E-state index in [1.165, 1.54) is 11.3 Å². The zero-order valence-corrected chi connectivity index (χ0v) is 27.3. The highest BCUT2D eigenvalue weighted by Crippen LogP contribution is 2.39. The van der Waals surface area contributed by atoms with Crippen LogP contribution in [0.5, 0.6) is 0 Å². The van der Waals surface area contributed by atoms with E-state index in [1.54, 1.807) is 65.2 Å². The van der Waals surface area contributed by atoms with Crippen LogP contribution in [0, 0.1) is 0 Å². The van der Waals surface area contributed by atoms with Crippen LogP contribution in [0.3, 0.4) is 0 Å². The van der Waals surface area contributed by atoms with Crippen molar-refractivity contribution in [2.24, 2.45) is 0 Å². The summed E-state index contributed by atoms with van der Waals surface area (Å²) in [6.45, 7) is 14.4. The summed E-state index contributed by atoms with van der Waals surface area (Å²) < 4.78 is 22.2. The van der Waals surface area contributed by atoms with Gasteiger partial charge in [-0.3, -0.25) is 15.3 Å². The third-order valence-corrected chi connectivity index (χ3v) is 9.12. The number of thiophene rings is 1. The molecule has 2 atom stereocenters. The summed E-state index contributed by atoms with van der Waals surface area (Å²) in [6, 6.07) is 9.96. The van der Waals surface area contributed by atoms with Crippen molar-refractivity contribution < 1.29 is 18.8 Å². The van der Waals surface area contributed by atoms with Crippen LogP contribution in [0.15, 0.2) is 48.8 Å². The minimum Gasteiger partial charge on any atom is -0.444 e. The van der Waals surface area contributed by atoms with E-state index in [4.69, 9.17) is 16.3 Å². The number of hydrogen-bond acceptors (Lipinski definition) is 8. The molecule has 224 valence electrons. The van der Waals surface area contributed by atoms with E-state index in [0.717, 1.165) is 26.2 Å². The summed E-state index contributed by atoms with van der Waals surface area (Å²) in [4.78, 5) is 27.0. The van der Waals surface area contributed by atoms with Gasteiger partial charge in [0, 0.05) is 22.8 Å². The average molecular weight is 630 g/mol. The van der Waals surface area contributed by atoms with E-state index in [1.807, 2.05) is 39.0 Å². The molecule has 1 unspecified atom stereocenters. The van der Waals surface area contributed by atoms with Gasteiger partial charge >= 0.3 is 6.09 Å². The molecule has 12 heteroatoms. The molecule has 0 fully saturated rings. The van der Waals surface area contributed by atoms with Gasteiger partial charge in [-0.2, -0.15) is 0 Å². The highest BCUT2D eigenvalue weighted by Gasteiger charge is 2.29. The number of rotatable bonds is 7. The molecule has 4 aromatic heterocycles. The molecule has 0 aliphatic rings. The minimum atomic E-state index is -1.50. The Morgan fingerprint density at radius 1 is 1.02 bits per heavy atom. The maximum atomic E-state index is 13.4. The normalized spacial score (nSPS) is 14.0. The van der Waals surface area contributed by atoms with Gasteiger partial charge in [0.15, 0.2) is 0 Å². The fourth-order valence-electron chi connectivity index (χ4n) is 3.93. The predicted molar refractivity (Wildman–Crippen MR) is 170 cm³/mol. The van der Waals surface area contributed by atoms with Crippen LogP contribution in [0.2, 0.25) is 5.02 Å². The second kappa shape index (κ2) is 12.0. The molecular weight excluding hydrogens is 594 g/mol. The smallest absolute Gasteiger partial charge is 0.413 e. The number of pyridine rings is 3. The van der Waals surface area contributed by atoms with Gasteiger partial charge in [0.05, 0.1) is 54.0 Å². The monoisotopic (exact) mass is 629 g/mol. The number of fused-ring (bicyclic) bond motifs is 1. The number of nitrogens with zero attached hydrogens (tertiary/aromatic N) is 3. The van der Waals surface area contributed by atoms with Crippen LogP contribution < -0.4 is 10.0 Å². The molecule has 0 saturated carbocycles. The number of anilines is 1. The van der Waals surface area contributed by atoms with Crippen LogP contribution in [0.1, 0.15) is 77.6 Å². The second-order valence-electron chi connectivity index (χ2n) is 12.3. The Kier molecular flexibility index (Phi) is 9.11. The highest BCUT2D eigenvalue weighted by molar-refractivity contribution is 7.84. The average Bonchev–Trinajstić information content (AvgIpc) is 3.30. The first-order valence-electron chi connectivity index (χ1n) is 13.3. The van der Waals surface area contributed by atoms with Crippen LogP contribution in [0.25, 0.3) is 21.5 Å². The van der Waals surface area contributed by atoms with Gasteiger partial charge in [0.1, 0.15) is 11.4 Å². The number of ether oxygens (including phenoxy) is 1. The van der Waals surface area contributed by atoms with Gasteiger partial charge in [-0.05, 0) is 97.4 Å². The van der Waals surface area contributed by atoms with Gasteiger partial charge in [-0.1, -0.05) is 11.6 Å². The molecule has 0 saturated heterocycles. The number of hydrogen-bond donors (Lipinski definition) is 3. The maximum absolute atomic E-state index is 13.4. The lowest BCUT2D eigenvalue weighted by Crippen LogP contribution is -2.36. The van der Waals surface area contributed by atoms with Crippen LogP contribution in [-0.4, -0.2) is 40.7 Å². The molecule has 3 N–H and O–H groups in total. The number of amides is 1. The van der Waals surface area contributed by atoms with Crippen molar-refractivity contribution >= 4 is 56.1 Å². The molecule has 1 amide bonds. The molecule has 4 heterocycles. The highest BCUT2D eigenvalue weighted by atomic mass is 35.5. The summed E-state index contributed by atoms with van der Waals surface area (Å²) >= 11 is 8.13. The number of carbonyl (C=O) groups excluding carboxylic acids is 1. The minimum absolute atomic E-state index is 0.240. The Hall–Kier alpha value is -2.96. The summed E-state index contributed by atoms with van der Waals surface area (Å²) in [6.07, 6.45) is 2.73. The third kappa shape index (κ3) is 7.70. The number of aliphatic hydroxyl groups is 1. The van der Waals surface area contributed by atoms with Crippen molar-refractivity contribution in [1.29, 1.82) is 0 Å².